The van der Waals surface area contributed by atoms with Crippen molar-refractivity contribution in [2.24, 2.45) is 11.8 Å². The topological polar surface area (TPSA) is 41.4 Å². The van der Waals surface area contributed by atoms with E-state index in [0.717, 1.165) is 24.9 Å². The molecule has 1 aliphatic carbocycles. The Bertz CT molecular complexity index is 681. The molecule has 0 N–H and O–H groups in total. The van der Waals surface area contributed by atoms with Crippen LogP contribution in [0.15, 0.2) is 17.3 Å². The number of likely N-dealkylation sites (tertiary alicyclic amines) is 2. The van der Waals surface area contributed by atoms with Gasteiger partial charge in [0.05, 0.1) is 12.2 Å². The second-order valence-electron chi connectivity index (χ2n) is 9.96. The van der Waals surface area contributed by atoms with Gasteiger partial charge in [-0.3, -0.25) is 9.48 Å². The minimum absolute atomic E-state index is 0.201. The summed E-state index contributed by atoms with van der Waals surface area (Å²) in [7, 11) is 0. The molecule has 1 saturated carbocycles. The van der Waals surface area contributed by atoms with Crippen LogP contribution in [0.25, 0.3) is 0 Å². The Kier molecular flexibility index (Phi) is 7.58. The quantitative estimate of drug-likeness (QED) is 0.620. The molecule has 0 aromatic carbocycles. The monoisotopic (exact) mass is 432 g/mol. The van der Waals surface area contributed by atoms with Crippen LogP contribution in [0.4, 0.5) is 0 Å². The summed E-state index contributed by atoms with van der Waals surface area (Å²) in [4.78, 5) is 19.1. The molecular formula is C24H40N4OS. The molecule has 0 spiro atoms. The van der Waals surface area contributed by atoms with Crippen LogP contribution in [0.2, 0.25) is 0 Å². The number of carbonyl (C=O) groups excluding carboxylic acids is 1. The number of Topliss-reactive ketones (excluding diaryl/α,β-unsaturated/α-hetero) is 1. The first-order valence-electron chi connectivity index (χ1n) is 12.1. The van der Waals surface area contributed by atoms with Gasteiger partial charge in [0.25, 0.3) is 0 Å². The number of aromatic nitrogens is 2. The van der Waals surface area contributed by atoms with Crippen LogP contribution >= 0.6 is 11.8 Å². The van der Waals surface area contributed by atoms with Gasteiger partial charge in [0.15, 0.2) is 0 Å². The highest BCUT2D eigenvalue weighted by atomic mass is 32.2. The Morgan fingerprint density at radius 3 is 1.93 bits per heavy atom. The lowest BCUT2D eigenvalue weighted by atomic mass is 9.79. The molecule has 0 amide bonds. The van der Waals surface area contributed by atoms with Crippen LogP contribution in [0.1, 0.15) is 71.3 Å². The van der Waals surface area contributed by atoms with Crippen molar-refractivity contribution in [3.8, 4) is 0 Å². The maximum Gasteiger partial charge on any atom is 0.138 e. The number of piperidine rings is 2. The van der Waals surface area contributed by atoms with Gasteiger partial charge in [-0.15, -0.1) is 11.8 Å². The van der Waals surface area contributed by atoms with Crippen LogP contribution in [0.5, 0.6) is 0 Å². The van der Waals surface area contributed by atoms with E-state index in [-0.39, 0.29) is 5.92 Å². The highest BCUT2D eigenvalue weighted by Gasteiger charge is 2.34. The Morgan fingerprint density at radius 1 is 0.900 bits per heavy atom. The molecule has 0 radical (unpaired) electrons. The van der Waals surface area contributed by atoms with Crippen molar-refractivity contribution in [1.29, 1.82) is 0 Å². The van der Waals surface area contributed by atoms with E-state index in [0.29, 0.717) is 17.7 Å². The van der Waals surface area contributed by atoms with Crippen molar-refractivity contribution in [1.82, 2.24) is 19.6 Å². The molecular weight excluding hydrogens is 392 g/mol. The number of carbonyl (C=O) groups is 1. The lowest BCUT2D eigenvalue weighted by Crippen LogP contribution is -2.50. The smallest absolute Gasteiger partial charge is 0.138 e. The largest absolute Gasteiger partial charge is 0.300 e. The summed E-state index contributed by atoms with van der Waals surface area (Å²) < 4.78 is 2.20. The van der Waals surface area contributed by atoms with E-state index in [2.05, 4.69) is 45.9 Å². The molecule has 5 nitrogen and oxygen atoms in total. The maximum absolute atomic E-state index is 12.3. The maximum atomic E-state index is 12.3. The number of rotatable bonds is 6. The molecule has 4 rings (SSSR count). The number of thioether (sulfide) groups is 1. The molecule has 1 aromatic rings. The molecule has 3 aliphatic rings. The van der Waals surface area contributed by atoms with Gasteiger partial charge in [-0.05, 0) is 70.7 Å². The highest BCUT2D eigenvalue weighted by molar-refractivity contribution is 7.98. The second-order valence-corrected chi connectivity index (χ2v) is 10.8. The summed E-state index contributed by atoms with van der Waals surface area (Å²) in [5.41, 5.74) is 0. The fourth-order valence-corrected chi connectivity index (χ4v) is 6.32. The van der Waals surface area contributed by atoms with Crippen LogP contribution in [0, 0.1) is 11.8 Å². The molecule has 0 bridgehead atoms. The summed E-state index contributed by atoms with van der Waals surface area (Å²) in [6.45, 7) is 9.03. The van der Waals surface area contributed by atoms with Crippen molar-refractivity contribution in [2.45, 2.75) is 88.2 Å². The van der Waals surface area contributed by atoms with E-state index >= 15 is 0 Å². The first-order chi connectivity index (χ1) is 14.5. The first-order valence-corrected chi connectivity index (χ1v) is 13.4. The third-order valence-electron chi connectivity index (χ3n) is 7.89. The van der Waals surface area contributed by atoms with Gasteiger partial charge in [0.1, 0.15) is 5.78 Å². The molecule has 2 aliphatic heterocycles. The van der Waals surface area contributed by atoms with Gasteiger partial charge in [0.2, 0.25) is 0 Å². The summed E-state index contributed by atoms with van der Waals surface area (Å²) in [5, 5.41) is 4.59. The van der Waals surface area contributed by atoms with E-state index in [9.17, 15) is 4.79 Å². The number of hydrogen-bond acceptors (Lipinski definition) is 5. The molecule has 3 heterocycles. The first kappa shape index (κ1) is 22.3. The zero-order valence-corrected chi connectivity index (χ0v) is 19.9. The van der Waals surface area contributed by atoms with Crippen LogP contribution in [-0.2, 0) is 4.79 Å². The summed E-state index contributed by atoms with van der Waals surface area (Å²) in [5.74, 6) is 1.03. The van der Waals surface area contributed by atoms with Gasteiger partial charge in [0, 0.05) is 48.1 Å². The van der Waals surface area contributed by atoms with E-state index in [1.54, 1.807) is 11.8 Å². The van der Waals surface area contributed by atoms with Gasteiger partial charge in [-0.2, -0.15) is 5.10 Å². The number of nitrogens with zero attached hydrogens (tertiary/aromatic N) is 4. The summed E-state index contributed by atoms with van der Waals surface area (Å²) in [6.07, 6.45) is 16.1. The minimum Gasteiger partial charge on any atom is -0.300 e. The Hall–Kier alpha value is -0.850. The molecule has 3 fully saturated rings. The Balaban J connectivity index is 1.19. The minimum atomic E-state index is 0.201. The molecule has 0 atom stereocenters. The normalized spacial score (nSPS) is 28.3. The van der Waals surface area contributed by atoms with Gasteiger partial charge in [-0.25, -0.2) is 0 Å². The van der Waals surface area contributed by atoms with Crippen molar-refractivity contribution in [3.63, 3.8) is 0 Å². The van der Waals surface area contributed by atoms with E-state index in [1.807, 2.05) is 6.20 Å². The summed E-state index contributed by atoms with van der Waals surface area (Å²) in [6, 6.07) is 2.06. The van der Waals surface area contributed by atoms with Crippen molar-refractivity contribution >= 4 is 17.5 Å². The third kappa shape index (κ3) is 5.13. The highest BCUT2D eigenvalue weighted by Crippen LogP contribution is 2.33. The van der Waals surface area contributed by atoms with Crippen LogP contribution in [0.3, 0.4) is 0 Å². The SMILES string of the molecule is CSc1cnn(C2CCN(C3CCN([C@H]4CC[C@H](C(=O)C(C)C)CC4)CC3)CC2)c1. The van der Waals surface area contributed by atoms with E-state index < -0.39 is 0 Å². The summed E-state index contributed by atoms with van der Waals surface area (Å²) >= 11 is 1.78. The van der Waals surface area contributed by atoms with E-state index in [4.69, 9.17) is 0 Å². The molecule has 30 heavy (non-hydrogen) atoms. The molecule has 6 heteroatoms. The van der Waals surface area contributed by atoms with Crippen molar-refractivity contribution < 1.29 is 4.79 Å². The van der Waals surface area contributed by atoms with Gasteiger partial charge >= 0.3 is 0 Å². The van der Waals surface area contributed by atoms with Crippen molar-refractivity contribution in [3.05, 3.63) is 12.4 Å². The molecule has 168 valence electrons. The second kappa shape index (κ2) is 10.2. The van der Waals surface area contributed by atoms with Gasteiger partial charge in [-0.1, -0.05) is 13.8 Å². The van der Waals surface area contributed by atoms with Crippen LogP contribution < -0.4 is 0 Å². The average Bonchev–Trinajstić information content (AvgIpc) is 3.28. The molecule has 0 unspecified atom stereocenters. The number of ketones is 1. The predicted molar refractivity (Wildman–Crippen MR) is 124 cm³/mol. The fourth-order valence-electron chi connectivity index (χ4n) is 5.95. The predicted octanol–water partition coefficient (Wildman–Crippen LogP) is 4.49. The number of hydrogen-bond donors (Lipinski definition) is 0. The van der Waals surface area contributed by atoms with E-state index in [1.165, 1.54) is 69.6 Å². The standard InChI is InChI=1S/C24H40N4OS/c1-18(2)24(29)19-4-6-20(7-5-19)26-12-8-21(9-13-26)27-14-10-22(11-15-27)28-17-23(30-3)16-25-28/h16-22H,4-15H2,1-3H3/t19-,20-. The lowest BCUT2D eigenvalue weighted by Gasteiger charge is -2.45. The zero-order chi connectivity index (χ0) is 21.1. The zero-order valence-electron chi connectivity index (χ0n) is 19.1. The molecule has 1 aromatic heterocycles. The lowest BCUT2D eigenvalue weighted by molar-refractivity contribution is -0.127. The van der Waals surface area contributed by atoms with Crippen molar-refractivity contribution in [2.75, 3.05) is 32.4 Å². The Morgan fingerprint density at radius 2 is 1.43 bits per heavy atom. The van der Waals surface area contributed by atoms with Gasteiger partial charge < -0.3 is 9.80 Å². The Labute approximate surface area is 186 Å². The van der Waals surface area contributed by atoms with Crippen LogP contribution in [-0.4, -0.2) is 69.9 Å². The fraction of sp³-hybridized carbons (Fsp3) is 0.833. The molecule has 2 saturated heterocycles. The average molecular weight is 433 g/mol. The third-order valence-corrected chi connectivity index (χ3v) is 8.57.